The van der Waals surface area contributed by atoms with E-state index in [1.165, 1.54) is 4.90 Å². The van der Waals surface area contributed by atoms with E-state index in [4.69, 9.17) is 11.6 Å². The quantitative estimate of drug-likeness (QED) is 0.534. The van der Waals surface area contributed by atoms with Crippen LogP contribution in [0.3, 0.4) is 0 Å². The van der Waals surface area contributed by atoms with Crippen molar-refractivity contribution in [3.05, 3.63) is 25.4 Å². The molecule has 0 saturated carbocycles. The molecule has 0 N–H and O–H groups in total. The molecular formula is C13H18ClN3O5S2. The predicted octanol–water partition coefficient (Wildman–Crippen LogP) is 1.50. The Morgan fingerprint density at radius 2 is 2.12 bits per heavy atom. The minimum atomic E-state index is -3.15. The first-order valence-electron chi connectivity index (χ1n) is 7.20. The highest BCUT2D eigenvalue weighted by molar-refractivity contribution is 7.91. The zero-order chi connectivity index (χ0) is 18.1. The molecule has 1 aromatic heterocycles. The molecule has 0 radical (unpaired) electrons. The summed E-state index contributed by atoms with van der Waals surface area (Å²) in [7, 11) is 0.547. The Balaban J connectivity index is 2.27. The van der Waals surface area contributed by atoms with Crippen molar-refractivity contribution in [2.75, 3.05) is 38.7 Å². The lowest BCUT2D eigenvalue weighted by Crippen LogP contribution is -2.44. The van der Waals surface area contributed by atoms with Crippen LogP contribution in [0.15, 0.2) is 6.07 Å². The molecule has 1 aromatic rings. The molecule has 2 heterocycles. The minimum Gasteiger partial charge on any atom is -0.333 e. The smallest absolute Gasteiger partial charge is 0.299 e. The van der Waals surface area contributed by atoms with Gasteiger partial charge in [0.15, 0.2) is 14.2 Å². The normalized spacial score (nSPS) is 19.6. The molecule has 1 saturated heterocycles. The fraction of sp³-hybridized carbons (Fsp3) is 0.615. The number of likely N-dealkylation sites (N-methyl/N-ethyl adjacent to an activating group) is 1. The standard InChI is InChI=1S/C13H18ClN3O5S2/c1-15(2)4-5-16(9-3-6-24(21,22)8-9)13(18)11-7-10(17(19)20)12(14)23-11/h7,9H,3-6,8H2,1-2H3. The fourth-order valence-electron chi connectivity index (χ4n) is 2.51. The van der Waals surface area contributed by atoms with Crippen molar-refractivity contribution in [3.63, 3.8) is 0 Å². The monoisotopic (exact) mass is 395 g/mol. The van der Waals surface area contributed by atoms with E-state index in [0.717, 1.165) is 17.4 Å². The van der Waals surface area contributed by atoms with E-state index < -0.39 is 26.7 Å². The van der Waals surface area contributed by atoms with Crippen molar-refractivity contribution in [3.8, 4) is 0 Å². The van der Waals surface area contributed by atoms with Crippen molar-refractivity contribution in [1.29, 1.82) is 0 Å². The van der Waals surface area contributed by atoms with Gasteiger partial charge in [0, 0.05) is 25.2 Å². The molecule has 8 nitrogen and oxygen atoms in total. The zero-order valence-electron chi connectivity index (χ0n) is 13.3. The number of hydrogen-bond donors (Lipinski definition) is 0. The number of hydrogen-bond acceptors (Lipinski definition) is 7. The van der Waals surface area contributed by atoms with Crippen LogP contribution in [-0.4, -0.2) is 73.8 Å². The average molecular weight is 396 g/mol. The van der Waals surface area contributed by atoms with Crippen LogP contribution in [0.5, 0.6) is 0 Å². The Morgan fingerprint density at radius 1 is 1.46 bits per heavy atom. The topological polar surface area (TPSA) is 101 Å². The van der Waals surface area contributed by atoms with E-state index >= 15 is 0 Å². The molecule has 1 amide bonds. The first-order chi connectivity index (χ1) is 11.1. The second-order valence-corrected chi connectivity index (χ2v) is 9.77. The highest BCUT2D eigenvalue weighted by Crippen LogP contribution is 2.35. The summed E-state index contributed by atoms with van der Waals surface area (Å²) in [5, 5.41) is 10.9. The second-order valence-electron chi connectivity index (χ2n) is 5.89. The van der Waals surface area contributed by atoms with E-state index in [1.807, 2.05) is 19.0 Å². The van der Waals surface area contributed by atoms with Gasteiger partial charge in [0.1, 0.15) is 4.88 Å². The van der Waals surface area contributed by atoms with Gasteiger partial charge in [-0.3, -0.25) is 14.9 Å². The molecule has 11 heteroatoms. The first kappa shape index (κ1) is 19.1. The number of nitrogens with zero attached hydrogens (tertiary/aromatic N) is 3. The summed E-state index contributed by atoms with van der Waals surface area (Å²) >= 11 is 6.66. The Hall–Kier alpha value is -1.23. The number of thiophene rings is 1. The largest absolute Gasteiger partial charge is 0.333 e. The Morgan fingerprint density at radius 3 is 2.58 bits per heavy atom. The lowest BCUT2D eigenvalue weighted by Gasteiger charge is -2.29. The molecule has 0 bridgehead atoms. The molecule has 0 aliphatic carbocycles. The molecule has 134 valence electrons. The lowest BCUT2D eigenvalue weighted by molar-refractivity contribution is -0.384. The van der Waals surface area contributed by atoms with Crippen molar-refractivity contribution in [2.24, 2.45) is 0 Å². The molecule has 1 aliphatic rings. The second kappa shape index (κ2) is 7.34. The maximum absolute atomic E-state index is 12.8. The van der Waals surface area contributed by atoms with E-state index in [0.29, 0.717) is 19.5 Å². The van der Waals surface area contributed by atoms with Gasteiger partial charge >= 0.3 is 0 Å². The van der Waals surface area contributed by atoms with Gasteiger partial charge in [-0.25, -0.2) is 8.42 Å². The molecule has 0 aromatic carbocycles. The Kier molecular flexibility index (Phi) is 5.84. The zero-order valence-corrected chi connectivity index (χ0v) is 15.7. The molecule has 1 unspecified atom stereocenters. The number of sulfone groups is 1. The molecule has 24 heavy (non-hydrogen) atoms. The summed E-state index contributed by atoms with van der Waals surface area (Å²) in [6.07, 6.45) is 0.378. The van der Waals surface area contributed by atoms with Crippen LogP contribution in [0.2, 0.25) is 4.34 Å². The number of rotatable bonds is 6. The number of carbonyl (C=O) groups is 1. The van der Waals surface area contributed by atoms with Gasteiger partial charge in [0.2, 0.25) is 0 Å². The minimum absolute atomic E-state index is 0.0504. The third kappa shape index (κ3) is 4.44. The fourth-order valence-corrected chi connectivity index (χ4v) is 5.42. The third-order valence-electron chi connectivity index (χ3n) is 3.77. The van der Waals surface area contributed by atoms with Crippen LogP contribution >= 0.6 is 22.9 Å². The summed E-state index contributed by atoms with van der Waals surface area (Å²) in [4.78, 5) is 26.6. The average Bonchev–Trinajstić information content (AvgIpc) is 3.01. The van der Waals surface area contributed by atoms with Crippen LogP contribution in [0.4, 0.5) is 5.69 Å². The van der Waals surface area contributed by atoms with Gasteiger partial charge in [0.25, 0.3) is 11.6 Å². The third-order valence-corrected chi connectivity index (χ3v) is 6.85. The molecule has 1 aliphatic heterocycles. The number of carbonyl (C=O) groups excluding carboxylic acids is 1. The summed E-state index contributed by atoms with van der Waals surface area (Å²) in [5.41, 5.74) is -0.309. The number of amides is 1. The molecule has 1 fully saturated rings. The van der Waals surface area contributed by atoms with Crippen LogP contribution in [0, 0.1) is 10.1 Å². The summed E-state index contributed by atoms with van der Waals surface area (Å²) < 4.78 is 23.4. The maximum Gasteiger partial charge on any atom is 0.299 e. The molecular weight excluding hydrogens is 378 g/mol. The van der Waals surface area contributed by atoms with Crippen LogP contribution in [0.1, 0.15) is 16.1 Å². The maximum atomic E-state index is 12.8. The van der Waals surface area contributed by atoms with E-state index in [1.54, 1.807) is 0 Å². The first-order valence-corrected chi connectivity index (χ1v) is 10.2. The highest BCUT2D eigenvalue weighted by atomic mass is 35.5. The summed E-state index contributed by atoms with van der Waals surface area (Å²) in [6.45, 7) is 0.902. The van der Waals surface area contributed by atoms with Crippen LogP contribution in [-0.2, 0) is 9.84 Å². The lowest BCUT2D eigenvalue weighted by atomic mass is 10.2. The van der Waals surface area contributed by atoms with E-state index in [-0.39, 0.29) is 26.4 Å². The van der Waals surface area contributed by atoms with Crippen LogP contribution < -0.4 is 0 Å². The number of nitro groups is 1. The van der Waals surface area contributed by atoms with Crippen molar-refractivity contribution < 1.29 is 18.1 Å². The van der Waals surface area contributed by atoms with Crippen LogP contribution in [0.25, 0.3) is 0 Å². The van der Waals surface area contributed by atoms with Gasteiger partial charge in [0.05, 0.1) is 16.4 Å². The van der Waals surface area contributed by atoms with Gasteiger partial charge in [-0.2, -0.15) is 0 Å². The molecule has 0 spiro atoms. The molecule has 1 atom stereocenters. The number of halogens is 1. The van der Waals surface area contributed by atoms with Gasteiger partial charge in [-0.05, 0) is 20.5 Å². The highest BCUT2D eigenvalue weighted by Gasteiger charge is 2.36. The predicted molar refractivity (Wildman–Crippen MR) is 92.6 cm³/mol. The van der Waals surface area contributed by atoms with Gasteiger partial charge in [-0.15, -0.1) is 11.3 Å². The van der Waals surface area contributed by atoms with Gasteiger partial charge < -0.3 is 9.80 Å². The van der Waals surface area contributed by atoms with E-state index in [9.17, 15) is 23.3 Å². The van der Waals surface area contributed by atoms with Crippen molar-refractivity contribution >= 4 is 44.4 Å². The SMILES string of the molecule is CN(C)CCN(C(=O)c1cc([N+](=O)[O-])c(Cl)s1)C1CCS(=O)(=O)C1. The summed E-state index contributed by atoms with van der Waals surface area (Å²) in [5.74, 6) is -0.443. The van der Waals surface area contributed by atoms with Crippen molar-refractivity contribution in [1.82, 2.24) is 9.80 Å². The van der Waals surface area contributed by atoms with Gasteiger partial charge in [-0.1, -0.05) is 11.6 Å². The summed E-state index contributed by atoms with van der Waals surface area (Å²) in [6, 6.07) is 0.740. The van der Waals surface area contributed by atoms with Crippen molar-refractivity contribution in [2.45, 2.75) is 12.5 Å². The van der Waals surface area contributed by atoms with E-state index in [2.05, 4.69) is 0 Å². The Bertz CT molecular complexity index is 747. The Labute approximate surface area is 149 Å². The molecule has 2 rings (SSSR count).